The minimum atomic E-state index is -0.459. The number of halogens is 2. The first-order valence-electron chi connectivity index (χ1n) is 3.57. The number of hydrogen-bond acceptors (Lipinski definition) is 1. The number of hydrogen-bond donors (Lipinski definition) is 0. The van der Waals surface area contributed by atoms with Crippen LogP contribution in [0.15, 0.2) is 30.3 Å². The molecule has 1 aromatic carbocycles. The average molecular weight is 251 g/mol. The minimum Gasteiger partial charge on any atom is -1.00 e. The first-order chi connectivity index (χ1) is 5.34. The van der Waals surface area contributed by atoms with E-state index in [1.807, 2.05) is 25.1 Å². The summed E-state index contributed by atoms with van der Waals surface area (Å²) in [5.74, 6) is 0. The van der Waals surface area contributed by atoms with Gasteiger partial charge in [0, 0.05) is 0 Å². The van der Waals surface area contributed by atoms with Gasteiger partial charge in [0.1, 0.15) is 0 Å². The molecule has 0 radical (unpaired) electrons. The van der Waals surface area contributed by atoms with Gasteiger partial charge in [-0.3, -0.25) is 0 Å². The molecule has 0 spiro atoms. The third-order valence-electron chi connectivity index (χ3n) is 1.28. The van der Waals surface area contributed by atoms with Crippen molar-refractivity contribution in [2.24, 2.45) is 0 Å². The first-order valence-corrected chi connectivity index (χ1v) is 6.45. The largest absolute Gasteiger partial charge is 1.00 e. The second kappa shape index (κ2) is 9.28. The summed E-state index contributed by atoms with van der Waals surface area (Å²) in [7, 11) is 0. The Bertz CT molecular complexity index is 211. The summed E-state index contributed by atoms with van der Waals surface area (Å²) in [6.07, 6.45) is 0. The molecule has 0 amide bonds. The molecule has 0 aromatic heterocycles. The van der Waals surface area contributed by atoms with Crippen molar-refractivity contribution in [1.82, 2.24) is 0 Å². The molecule has 1 rings (SSSR count). The van der Waals surface area contributed by atoms with Gasteiger partial charge in [0.2, 0.25) is 0 Å². The Hall–Kier alpha value is 0.722. The Balaban J connectivity index is 0. The van der Waals surface area contributed by atoms with Crippen molar-refractivity contribution in [3.05, 3.63) is 30.3 Å². The van der Waals surface area contributed by atoms with Crippen LogP contribution in [0.3, 0.4) is 0 Å². The Labute approximate surface area is 101 Å². The summed E-state index contributed by atoms with van der Waals surface area (Å²) in [6.45, 7) is 2.34. The van der Waals surface area contributed by atoms with Crippen LogP contribution in [0.25, 0.3) is 0 Å². The molecular formula is C8H10AlCl2OP. The van der Waals surface area contributed by atoms with Gasteiger partial charge in [-0.05, 0) is 0 Å². The van der Waals surface area contributed by atoms with Gasteiger partial charge in [-0.25, -0.2) is 0 Å². The SMILES string of the molecule is CCO[P]([Al+2])c1ccccc1.[Cl-].[Cl-]. The Morgan fingerprint density at radius 3 is 2.23 bits per heavy atom. The zero-order chi connectivity index (χ0) is 8.10. The predicted octanol–water partition coefficient (Wildman–Crippen LogP) is -4.16. The summed E-state index contributed by atoms with van der Waals surface area (Å²) < 4.78 is 5.46. The van der Waals surface area contributed by atoms with Crippen molar-refractivity contribution in [3.63, 3.8) is 0 Å². The van der Waals surface area contributed by atoms with Gasteiger partial charge in [0.25, 0.3) is 0 Å². The summed E-state index contributed by atoms with van der Waals surface area (Å²) in [6, 6.07) is 10.3. The van der Waals surface area contributed by atoms with Crippen molar-refractivity contribution in [3.8, 4) is 0 Å². The van der Waals surface area contributed by atoms with Gasteiger partial charge in [-0.15, -0.1) is 0 Å². The van der Waals surface area contributed by atoms with Gasteiger partial charge in [-0.2, -0.15) is 0 Å². The van der Waals surface area contributed by atoms with Crippen molar-refractivity contribution >= 4 is 27.9 Å². The third-order valence-corrected chi connectivity index (χ3v) is 3.96. The van der Waals surface area contributed by atoms with E-state index in [0.29, 0.717) is 0 Å². The molecule has 1 nitrogen and oxygen atoms in total. The molecular weight excluding hydrogens is 241 g/mol. The number of benzene rings is 1. The topological polar surface area (TPSA) is 9.23 Å². The van der Waals surface area contributed by atoms with E-state index in [-0.39, 0.29) is 24.8 Å². The van der Waals surface area contributed by atoms with E-state index in [1.54, 1.807) is 0 Å². The van der Waals surface area contributed by atoms with Crippen LogP contribution in [-0.2, 0) is 4.52 Å². The molecule has 0 saturated heterocycles. The van der Waals surface area contributed by atoms with Crippen LogP contribution >= 0.6 is 6.80 Å². The van der Waals surface area contributed by atoms with Gasteiger partial charge < -0.3 is 24.8 Å². The van der Waals surface area contributed by atoms with Crippen molar-refractivity contribution < 1.29 is 29.3 Å². The van der Waals surface area contributed by atoms with Crippen LogP contribution in [0, 0.1) is 0 Å². The number of rotatable bonds is 3. The fourth-order valence-electron chi connectivity index (χ4n) is 0.789. The molecule has 0 aliphatic heterocycles. The molecule has 0 bridgehead atoms. The normalized spacial score (nSPS) is 11.0. The standard InChI is InChI=1S/C8H10OP.Al.2ClH/c1-2-9-10-8-6-4-3-5-7-8;;;/h3-7H,2H2,1H3;;2*1H/q-1;+3;;/p-2. The molecule has 0 saturated carbocycles. The van der Waals surface area contributed by atoms with E-state index in [9.17, 15) is 0 Å². The van der Waals surface area contributed by atoms with Crippen LogP contribution in [0.5, 0.6) is 0 Å². The molecule has 0 fully saturated rings. The zero-order valence-electron chi connectivity index (χ0n) is 7.28. The van der Waals surface area contributed by atoms with Crippen LogP contribution in [0.2, 0.25) is 0 Å². The maximum Gasteiger partial charge on any atom is -1.00 e. The molecule has 1 atom stereocenters. The Morgan fingerprint density at radius 1 is 1.23 bits per heavy atom. The molecule has 1 aromatic rings. The van der Waals surface area contributed by atoms with Gasteiger partial charge in [-0.1, -0.05) is 0 Å². The van der Waals surface area contributed by atoms with Crippen molar-refractivity contribution in [2.45, 2.75) is 6.92 Å². The third kappa shape index (κ3) is 5.92. The summed E-state index contributed by atoms with van der Waals surface area (Å²) >= 11 is 2.74. The van der Waals surface area contributed by atoms with E-state index in [2.05, 4.69) is 28.0 Å². The maximum atomic E-state index is 5.46. The molecule has 0 aliphatic rings. The van der Waals surface area contributed by atoms with Gasteiger partial charge in [0.15, 0.2) is 0 Å². The van der Waals surface area contributed by atoms with E-state index >= 15 is 0 Å². The predicted molar refractivity (Wildman–Crippen MR) is 50.4 cm³/mol. The van der Waals surface area contributed by atoms with Crippen LogP contribution < -0.4 is 30.1 Å². The average Bonchev–Trinajstić information content (AvgIpc) is 2.07. The van der Waals surface area contributed by atoms with Crippen LogP contribution in [0.4, 0.5) is 0 Å². The molecule has 0 N–H and O–H groups in total. The summed E-state index contributed by atoms with van der Waals surface area (Å²) in [5.41, 5.74) is 0. The van der Waals surface area contributed by atoms with E-state index < -0.39 is 6.80 Å². The molecule has 1 unspecified atom stereocenters. The van der Waals surface area contributed by atoms with Crippen molar-refractivity contribution in [2.75, 3.05) is 6.61 Å². The monoisotopic (exact) mass is 250 g/mol. The smallest absolute Gasteiger partial charge is 1.00 e. The first kappa shape index (κ1) is 16.2. The summed E-state index contributed by atoms with van der Waals surface area (Å²) in [5, 5.41) is 1.27. The van der Waals surface area contributed by atoms with Gasteiger partial charge in [0.05, 0.1) is 0 Å². The van der Waals surface area contributed by atoms with E-state index in [1.165, 1.54) is 5.30 Å². The molecule has 13 heavy (non-hydrogen) atoms. The minimum absolute atomic E-state index is 0. The maximum absolute atomic E-state index is 5.46. The van der Waals surface area contributed by atoms with Crippen molar-refractivity contribution in [1.29, 1.82) is 0 Å². The quantitative estimate of drug-likeness (QED) is 0.391. The van der Waals surface area contributed by atoms with Crippen LogP contribution in [-0.4, -0.2) is 22.5 Å². The summed E-state index contributed by atoms with van der Waals surface area (Å²) in [4.78, 5) is 0. The van der Waals surface area contributed by atoms with Gasteiger partial charge >= 0.3 is 76.3 Å². The molecule has 70 valence electrons. The molecule has 5 heteroatoms. The van der Waals surface area contributed by atoms with E-state index in [4.69, 9.17) is 4.52 Å². The Morgan fingerprint density at radius 2 is 1.77 bits per heavy atom. The second-order valence-corrected chi connectivity index (χ2v) is 4.91. The molecule has 0 aliphatic carbocycles. The fourth-order valence-corrected chi connectivity index (χ4v) is 2.65. The zero-order valence-corrected chi connectivity index (χ0v) is 10.8. The second-order valence-electron chi connectivity index (χ2n) is 2.08. The van der Waals surface area contributed by atoms with Crippen LogP contribution in [0.1, 0.15) is 6.92 Å². The Kier molecular flexibility index (Phi) is 11.5. The van der Waals surface area contributed by atoms with E-state index in [0.717, 1.165) is 6.61 Å². The fraction of sp³-hybridized carbons (Fsp3) is 0.250. The molecule has 0 heterocycles.